The van der Waals surface area contributed by atoms with Gasteiger partial charge in [0, 0.05) is 12.8 Å². The fraction of sp³-hybridized carbons (Fsp3) is 0.154. The molecule has 0 amide bonds. The van der Waals surface area contributed by atoms with Crippen molar-refractivity contribution in [2.45, 2.75) is 10.8 Å². The fourth-order valence-electron chi connectivity index (χ4n) is 1.76. The lowest BCUT2D eigenvalue weighted by molar-refractivity contribution is 1.06. The van der Waals surface area contributed by atoms with Crippen molar-refractivity contribution in [3.63, 3.8) is 0 Å². The molecule has 0 spiro atoms. The average Bonchev–Trinajstić information content (AvgIpc) is 2.94. The van der Waals surface area contributed by atoms with Gasteiger partial charge in [0.15, 0.2) is 5.65 Å². The lowest BCUT2D eigenvalue weighted by Crippen LogP contribution is -1.98. The largest absolute Gasteiger partial charge is 0.357 e. The molecule has 0 aliphatic rings. The van der Waals surface area contributed by atoms with Crippen molar-refractivity contribution >= 4 is 28.7 Å². The summed E-state index contributed by atoms with van der Waals surface area (Å²) in [4.78, 5) is 8.80. The van der Waals surface area contributed by atoms with Gasteiger partial charge in [0.05, 0.1) is 11.6 Å². The number of rotatable bonds is 4. The molecule has 0 radical (unpaired) electrons. The second-order valence-electron chi connectivity index (χ2n) is 4.01. The Kier molecular flexibility index (Phi) is 3.33. The molecule has 0 aliphatic carbocycles. The monoisotopic (exact) mass is 271 g/mol. The van der Waals surface area contributed by atoms with Crippen molar-refractivity contribution in [2.75, 3.05) is 12.4 Å². The number of nitrogens with zero attached hydrogens (tertiary/aromatic N) is 3. The molecule has 2 N–H and O–H groups in total. The summed E-state index contributed by atoms with van der Waals surface area (Å²) in [5.41, 5.74) is 2.03. The van der Waals surface area contributed by atoms with Crippen molar-refractivity contribution in [1.82, 2.24) is 20.2 Å². The summed E-state index contributed by atoms with van der Waals surface area (Å²) in [5, 5.41) is 11.8. The van der Waals surface area contributed by atoms with Crippen molar-refractivity contribution in [3.05, 3.63) is 42.1 Å². The molecule has 96 valence electrons. The van der Waals surface area contributed by atoms with Gasteiger partial charge in [0.25, 0.3) is 0 Å². The summed E-state index contributed by atoms with van der Waals surface area (Å²) >= 11 is 1.69. The van der Waals surface area contributed by atoms with Gasteiger partial charge in [0.1, 0.15) is 5.03 Å². The van der Waals surface area contributed by atoms with Gasteiger partial charge in [-0.2, -0.15) is 10.1 Å². The minimum atomic E-state index is 0.604. The lowest BCUT2D eigenvalue weighted by atomic mass is 10.2. The standard InChI is InChI=1S/C13H13N5S/c1-14-13-16-11-10(7-15-18-11)12(17-13)19-8-9-5-3-2-4-6-9/h2-7H,8H2,1H3,(H2,14,15,16,17,18). The number of aromatic amines is 1. The third-order valence-electron chi connectivity index (χ3n) is 2.72. The van der Waals surface area contributed by atoms with Crippen LogP contribution in [0.4, 0.5) is 5.95 Å². The summed E-state index contributed by atoms with van der Waals surface area (Å²) < 4.78 is 0. The second-order valence-corrected chi connectivity index (χ2v) is 4.97. The molecule has 5 nitrogen and oxygen atoms in total. The van der Waals surface area contributed by atoms with Crippen LogP contribution in [0.1, 0.15) is 5.56 Å². The predicted octanol–water partition coefficient (Wildman–Crippen LogP) is 2.69. The summed E-state index contributed by atoms with van der Waals surface area (Å²) in [6.45, 7) is 0. The van der Waals surface area contributed by atoms with E-state index in [1.165, 1.54) is 5.56 Å². The van der Waals surface area contributed by atoms with Crippen LogP contribution in [0.3, 0.4) is 0 Å². The Bertz CT molecular complexity index is 680. The Labute approximate surface area is 114 Å². The number of hydrogen-bond acceptors (Lipinski definition) is 5. The first-order valence-electron chi connectivity index (χ1n) is 5.92. The van der Waals surface area contributed by atoms with Crippen LogP contribution >= 0.6 is 11.8 Å². The maximum Gasteiger partial charge on any atom is 0.225 e. The van der Waals surface area contributed by atoms with Crippen molar-refractivity contribution in [1.29, 1.82) is 0 Å². The van der Waals surface area contributed by atoms with Gasteiger partial charge in [-0.3, -0.25) is 5.10 Å². The maximum atomic E-state index is 4.49. The molecule has 1 aromatic carbocycles. The number of nitrogens with one attached hydrogen (secondary N) is 2. The van der Waals surface area contributed by atoms with E-state index < -0.39 is 0 Å². The summed E-state index contributed by atoms with van der Waals surface area (Å²) in [6, 6.07) is 10.3. The maximum absolute atomic E-state index is 4.49. The SMILES string of the molecule is CNc1nc(SCc2ccccc2)c2cn[nH]c2n1. The van der Waals surface area contributed by atoms with E-state index in [4.69, 9.17) is 0 Å². The molecule has 0 atom stereocenters. The van der Waals surface area contributed by atoms with Crippen LogP contribution in [0.2, 0.25) is 0 Å². The normalized spacial score (nSPS) is 10.8. The molecular formula is C13H13N5S. The van der Waals surface area contributed by atoms with E-state index >= 15 is 0 Å². The van der Waals surface area contributed by atoms with Gasteiger partial charge in [-0.15, -0.1) is 11.8 Å². The molecule has 0 saturated carbocycles. The van der Waals surface area contributed by atoms with Gasteiger partial charge >= 0.3 is 0 Å². The van der Waals surface area contributed by atoms with Crippen LogP contribution in [0, 0.1) is 0 Å². The summed E-state index contributed by atoms with van der Waals surface area (Å²) in [7, 11) is 1.81. The highest BCUT2D eigenvalue weighted by Gasteiger charge is 2.09. The Morgan fingerprint density at radius 3 is 2.84 bits per heavy atom. The Morgan fingerprint density at radius 1 is 1.21 bits per heavy atom. The Hall–Kier alpha value is -2.08. The highest BCUT2D eigenvalue weighted by atomic mass is 32.2. The molecule has 6 heteroatoms. The molecule has 0 aliphatic heterocycles. The zero-order valence-corrected chi connectivity index (χ0v) is 11.2. The quantitative estimate of drug-likeness (QED) is 0.564. The molecule has 0 unspecified atom stereocenters. The van der Waals surface area contributed by atoms with Crippen molar-refractivity contribution < 1.29 is 0 Å². The van der Waals surface area contributed by atoms with E-state index in [-0.39, 0.29) is 0 Å². The average molecular weight is 271 g/mol. The third kappa shape index (κ3) is 2.53. The highest BCUT2D eigenvalue weighted by molar-refractivity contribution is 7.98. The molecule has 0 bridgehead atoms. The van der Waals surface area contributed by atoms with Gasteiger partial charge in [-0.1, -0.05) is 30.3 Å². The number of hydrogen-bond donors (Lipinski definition) is 2. The van der Waals surface area contributed by atoms with Crippen LogP contribution < -0.4 is 5.32 Å². The number of benzene rings is 1. The lowest BCUT2D eigenvalue weighted by Gasteiger charge is -2.05. The fourth-order valence-corrected chi connectivity index (χ4v) is 2.71. The molecule has 3 rings (SSSR count). The molecule has 2 heterocycles. The number of anilines is 1. The first-order valence-corrected chi connectivity index (χ1v) is 6.91. The van der Waals surface area contributed by atoms with Crippen molar-refractivity contribution in [2.24, 2.45) is 0 Å². The van der Waals surface area contributed by atoms with E-state index in [0.29, 0.717) is 5.95 Å². The minimum Gasteiger partial charge on any atom is -0.357 e. The molecule has 0 fully saturated rings. The second kappa shape index (κ2) is 5.27. The van der Waals surface area contributed by atoms with Gasteiger partial charge < -0.3 is 5.32 Å². The number of thioether (sulfide) groups is 1. The first-order chi connectivity index (χ1) is 9.36. The molecule has 3 aromatic rings. The molecule has 2 aromatic heterocycles. The van der Waals surface area contributed by atoms with E-state index in [1.807, 2.05) is 25.2 Å². The highest BCUT2D eigenvalue weighted by Crippen LogP contribution is 2.27. The van der Waals surface area contributed by atoms with E-state index in [2.05, 4.69) is 37.6 Å². The van der Waals surface area contributed by atoms with E-state index in [1.54, 1.807) is 18.0 Å². The topological polar surface area (TPSA) is 66.5 Å². The summed E-state index contributed by atoms with van der Waals surface area (Å²) in [5.74, 6) is 1.48. The van der Waals surface area contributed by atoms with Crippen molar-refractivity contribution in [3.8, 4) is 0 Å². The first kappa shape index (κ1) is 12.0. The van der Waals surface area contributed by atoms with Gasteiger partial charge in [0.2, 0.25) is 5.95 Å². The Morgan fingerprint density at radius 2 is 2.05 bits per heavy atom. The van der Waals surface area contributed by atoms with Crippen LogP contribution in [-0.2, 0) is 5.75 Å². The molecule has 0 saturated heterocycles. The van der Waals surface area contributed by atoms with Crippen LogP contribution in [0.15, 0.2) is 41.6 Å². The number of fused-ring (bicyclic) bond motifs is 1. The zero-order chi connectivity index (χ0) is 13.1. The number of aromatic nitrogens is 4. The minimum absolute atomic E-state index is 0.604. The number of H-pyrrole nitrogens is 1. The third-order valence-corrected chi connectivity index (χ3v) is 3.78. The van der Waals surface area contributed by atoms with E-state index in [0.717, 1.165) is 21.8 Å². The zero-order valence-electron chi connectivity index (χ0n) is 10.4. The smallest absolute Gasteiger partial charge is 0.225 e. The van der Waals surface area contributed by atoms with Gasteiger partial charge in [-0.05, 0) is 5.56 Å². The van der Waals surface area contributed by atoms with Crippen LogP contribution in [0.25, 0.3) is 11.0 Å². The van der Waals surface area contributed by atoms with E-state index in [9.17, 15) is 0 Å². The molecular weight excluding hydrogens is 258 g/mol. The van der Waals surface area contributed by atoms with Crippen LogP contribution in [-0.4, -0.2) is 27.2 Å². The van der Waals surface area contributed by atoms with Crippen LogP contribution in [0.5, 0.6) is 0 Å². The predicted molar refractivity (Wildman–Crippen MR) is 77.2 cm³/mol. The van der Waals surface area contributed by atoms with Gasteiger partial charge in [-0.25, -0.2) is 4.98 Å². The Balaban J connectivity index is 1.89. The summed E-state index contributed by atoms with van der Waals surface area (Å²) in [6.07, 6.45) is 1.77. The molecule has 19 heavy (non-hydrogen) atoms.